The standard InChI is InChI=1S/C35H43ClN8O4/c1-3-35(45)40-28-18-29(39-33-20-34(38-23-37-33)44-30(9-16-48-44)24-5-4-6-25(36)17-24)32(46-2)19-31(28)43-10-7-26(8-11-43)41-12-14-42(15-13-41)27-21-47-22-27/h3-6,17-20,23,26-27,30H,1,7-16,21-22H2,2H3,(H,40,45)(H,37,38,39)/t30-/m1/s1. The first kappa shape index (κ1) is 32.6. The van der Waals surface area contributed by atoms with E-state index in [1.54, 1.807) is 12.2 Å². The van der Waals surface area contributed by atoms with Gasteiger partial charge in [-0.2, -0.15) is 0 Å². The number of amides is 1. The number of ether oxygens (including phenoxy) is 2. The van der Waals surface area contributed by atoms with Gasteiger partial charge in [0.25, 0.3) is 0 Å². The van der Waals surface area contributed by atoms with Crippen molar-refractivity contribution in [3.8, 4) is 5.75 Å². The molecule has 2 aromatic carbocycles. The fourth-order valence-corrected chi connectivity index (χ4v) is 7.34. The van der Waals surface area contributed by atoms with E-state index in [1.165, 1.54) is 12.4 Å². The third kappa shape index (κ3) is 7.08. The number of nitrogens with zero attached hydrogens (tertiary/aromatic N) is 6. The van der Waals surface area contributed by atoms with Crippen LogP contribution in [0.3, 0.4) is 0 Å². The second kappa shape index (κ2) is 14.7. The van der Waals surface area contributed by atoms with Crippen molar-refractivity contribution < 1.29 is 19.1 Å². The molecule has 3 aromatic rings. The summed E-state index contributed by atoms with van der Waals surface area (Å²) in [4.78, 5) is 35.1. The number of piperidine rings is 1. The van der Waals surface area contributed by atoms with E-state index in [2.05, 4.69) is 41.9 Å². The molecular weight excluding hydrogens is 632 g/mol. The van der Waals surface area contributed by atoms with Crippen molar-refractivity contribution in [3.05, 3.63) is 72.0 Å². The van der Waals surface area contributed by atoms with Crippen molar-refractivity contribution in [3.63, 3.8) is 0 Å². The number of anilines is 5. The highest BCUT2D eigenvalue weighted by Gasteiger charge is 2.33. The lowest BCUT2D eigenvalue weighted by Crippen LogP contribution is -2.59. The van der Waals surface area contributed by atoms with Gasteiger partial charge in [0.2, 0.25) is 5.91 Å². The van der Waals surface area contributed by atoms with Gasteiger partial charge in [-0.15, -0.1) is 0 Å². The number of hydrogen-bond donors (Lipinski definition) is 2. The van der Waals surface area contributed by atoms with E-state index < -0.39 is 0 Å². The molecule has 0 spiro atoms. The highest BCUT2D eigenvalue weighted by atomic mass is 35.5. The number of piperazine rings is 1. The fraction of sp³-hybridized carbons (Fsp3) is 0.457. The largest absolute Gasteiger partial charge is 0.494 e. The number of methoxy groups -OCH3 is 1. The lowest BCUT2D eigenvalue weighted by Gasteiger charge is -2.46. The molecule has 0 bridgehead atoms. The number of hydrogen-bond acceptors (Lipinski definition) is 11. The van der Waals surface area contributed by atoms with Gasteiger partial charge in [-0.05, 0) is 42.7 Å². The number of benzene rings is 2. The molecule has 1 aromatic heterocycles. The Morgan fingerprint density at radius 1 is 0.979 bits per heavy atom. The molecule has 254 valence electrons. The van der Waals surface area contributed by atoms with Gasteiger partial charge in [-0.3, -0.25) is 19.4 Å². The van der Waals surface area contributed by atoms with E-state index in [-0.39, 0.29) is 11.9 Å². The van der Waals surface area contributed by atoms with Crippen LogP contribution < -0.4 is 25.3 Å². The van der Waals surface area contributed by atoms with Crippen molar-refractivity contribution in [2.45, 2.75) is 37.4 Å². The summed E-state index contributed by atoms with van der Waals surface area (Å²) in [7, 11) is 1.65. The number of hydroxylamine groups is 1. The van der Waals surface area contributed by atoms with E-state index in [9.17, 15) is 4.79 Å². The first-order valence-corrected chi connectivity index (χ1v) is 17.1. The van der Waals surface area contributed by atoms with E-state index in [4.69, 9.17) is 25.9 Å². The molecule has 0 unspecified atom stereocenters. The van der Waals surface area contributed by atoms with Gasteiger partial charge in [0.1, 0.15) is 17.9 Å². The molecule has 2 N–H and O–H groups in total. The minimum Gasteiger partial charge on any atom is -0.494 e. The van der Waals surface area contributed by atoms with Crippen LogP contribution in [0.1, 0.15) is 30.9 Å². The van der Waals surface area contributed by atoms with E-state index in [0.717, 1.165) is 83.0 Å². The van der Waals surface area contributed by atoms with Gasteiger partial charge in [0.05, 0.1) is 56.1 Å². The summed E-state index contributed by atoms with van der Waals surface area (Å²) in [6.45, 7) is 12.2. The van der Waals surface area contributed by atoms with Crippen molar-refractivity contribution in [2.24, 2.45) is 0 Å². The third-order valence-electron chi connectivity index (χ3n) is 9.85. The smallest absolute Gasteiger partial charge is 0.247 e. The third-order valence-corrected chi connectivity index (χ3v) is 10.1. The summed E-state index contributed by atoms with van der Waals surface area (Å²) in [5.74, 6) is 1.53. The summed E-state index contributed by atoms with van der Waals surface area (Å²) in [5.41, 5.74) is 3.30. The Hall–Kier alpha value is -3.94. The van der Waals surface area contributed by atoms with Gasteiger partial charge >= 0.3 is 0 Å². The van der Waals surface area contributed by atoms with E-state index in [1.807, 2.05) is 42.5 Å². The zero-order valence-corrected chi connectivity index (χ0v) is 28.1. The quantitative estimate of drug-likeness (QED) is 0.288. The molecule has 4 aliphatic heterocycles. The minimum absolute atomic E-state index is 0.0304. The van der Waals surface area contributed by atoms with Crippen LogP contribution in [0.25, 0.3) is 0 Å². The lowest BCUT2D eigenvalue weighted by molar-refractivity contribution is -0.111. The lowest BCUT2D eigenvalue weighted by atomic mass is 10.0. The molecule has 5 heterocycles. The number of rotatable bonds is 10. The van der Waals surface area contributed by atoms with E-state index >= 15 is 0 Å². The molecule has 4 saturated heterocycles. The number of halogens is 1. The predicted molar refractivity (Wildman–Crippen MR) is 187 cm³/mol. The number of aromatic nitrogens is 2. The summed E-state index contributed by atoms with van der Waals surface area (Å²) in [6.07, 6.45) is 5.70. The van der Waals surface area contributed by atoms with Gasteiger partial charge < -0.3 is 25.0 Å². The molecule has 0 aliphatic carbocycles. The Labute approximate surface area is 286 Å². The van der Waals surface area contributed by atoms with Crippen molar-refractivity contribution in [1.82, 2.24) is 19.8 Å². The van der Waals surface area contributed by atoms with Crippen LogP contribution in [0.2, 0.25) is 5.02 Å². The van der Waals surface area contributed by atoms with Crippen molar-refractivity contribution in [2.75, 3.05) is 86.8 Å². The monoisotopic (exact) mass is 674 g/mol. The number of nitrogens with one attached hydrogen (secondary N) is 2. The highest BCUT2D eigenvalue weighted by Crippen LogP contribution is 2.41. The minimum atomic E-state index is -0.278. The molecule has 0 radical (unpaired) electrons. The fourth-order valence-electron chi connectivity index (χ4n) is 7.14. The number of carbonyl (C=O) groups is 1. The van der Waals surface area contributed by atoms with Crippen LogP contribution in [0, 0.1) is 0 Å². The Morgan fingerprint density at radius 3 is 2.44 bits per heavy atom. The second-order valence-electron chi connectivity index (χ2n) is 12.6. The molecule has 13 heteroatoms. The SMILES string of the molecule is C=CC(=O)Nc1cc(Nc2cc(N3OCC[C@@H]3c3cccc(Cl)c3)ncn2)c(OC)cc1N1CCC(N2CCN(C3COC3)CC2)CC1. The Bertz CT molecular complexity index is 1610. The normalized spacial score (nSPS) is 21.2. The summed E-state index contributed by atoms with van der Waals surface area (Å²) in [5, 5.41) is 8.90. The topological polar surface area (TPSA) is 108 Å². The van der Waals surface area contributed by atoms with Crippen LogP contribution >= 0.6 is 11.6 Å². The highest BCUT2D eigenvalue weighted by molar-refractivity contribution is 6.30. The molecule has 12 nitrogen and oxygen atoms in total. The molecular formula is C35H43ClN8O4. The van der Waals surface area contributed by atoms with Crippen molar-refractivity contribution >= 4 is 46.2 Å². The average molecular weight is 675 g/mol. The molecule has 1 atom stereocenters. The predicted octanol–water partition coefficient (Wildman–Crippen LogP) is 4.87. The molecule has 1 amide bonds. The van der Waals surface area contributed by atoms with Gasteiger partial charge in [0, 0.05) is 68.9 Å². The zero-order chi connectivity index (χ0) is 33.0. The Kier molecular flexibility index (Phi) is 9.96. The Balaban J connectivity index is 1.07. The van der Waals surface area contributed by atoms with Crippen LogP contribution in [-0.2, 0) is 14.4 Å². The maximum atomic E-state index is 12.6. The van der Waals surface area contributed by atoms with Crippen LogP contribution in [0.15, 0.2) is 61.4 Å². The summed E-state index contributed by atoms with van der Waals surface area (Å²) < 4.78 is 11.3. The average Bonchev–Trinajstić information content (AvgIpc) is 3.59. The molecule has 0 saturated carbocycles. The van der Waals surface area contributed by atoms with Crippen LogP contribution in [0.5, 0.6) is 5.75 Å². The van der Waals surface area contributed by atoms with Crippen LogP contribution in [-0.4, -0.2) is 104 Å². The number of carbonyl (C=O) groups excluding carboxylic acids is 1. The summed E-state index contributed by atoms with van der Waals surface area (Å²) >= 11 is 6.28. The van der Waals surface area contributed by atoms with Crippen molar-refractivity contribution in [1.29, 1.82) is 0 Å². The first-order valence-electron chi connectivity index (χ1n) is 16.7. The van der Waals surface area contributed by atoms with E-state index in [0.29, 0.717) is 52.5 Å². The molecule has 48 heavy (non-hydrogen) atoms. The second-order valence-corrected chi connectivity index (χ2v) is 13.1. The summed E-state index contributed by atoms with van der Waals surface area (Å²) in [6, 6.07) is 14.6. The van der Waals surface area contributed by atoms with Gasteiger partial charge in [-0.1, -0.05) is 30.3 Å². The van der Waals surface area contributed by atoms with Crippen LogP contribution in [0.4, 0.5) is 28.7 Å². The molecule has 4 aliphatic rings. The van der Waals surface area contributed by atoms with Gasteiger partial charge in [-0.25, -0.2) is 15.0 Å². The maximum Gasteiger partial charge on any atom is 0.247 e. The maximum absolute atomic E-state index is 12.6. The Morgan fingerprint density at radius 2 is 1.75 bits per heavy atom. The van der Waals surface area contributed by atoms with Gasteiger partial charge in [0.15, 0.2) is 5.82 Å². The zero-order valence-electron chi connectivity index (χ0n) is 27.3. The first-order chi connectivity index (χ1) is 23.5. The molecule has 4 fully saturated rings. The molecule has 7 rings (SSSR count).